The molecule has 248 valence electrons. The fraction of sp³-hybridized carbons (Fsp3) is 0.667. The summed E-state index contributed by atoms with van der Waals surface area (Å²) in [6.45, 7) is 18.7. The molecule has 0 aliphatic carbocycles. The van der Waals surface area contributed by atoms with Gasteiger partial charge in [0.25, 0.3) is 11.8 Å². The van der Waals surface area contributed by atoms with Crippen LogP contribution in [0.4, 0.5) is 10.2 Å². The molecule has 1 aromatic heterocycles. The maximum absolute atomic E-state index is 14.3. The Hall–Kier alpha value is -3.38. The number of carbonyl (C=O) groups excluding carboxylic acids is 2. The van der Waals surface area contributed by atoms with Gasteiger partial charge in [-0.2, -0.15) is 0 Å². The standard InChI is InChI=1S/C33H51FN8O3/c1-8-42(24(4)5)32(44)27-18-26(34)11-12-29(27)45-31-30(36-22-37-38-31)40-16-13-33(19-40)20-41(21-33)28(23(2)3)10-9-15-39(7)17-14-35-25(6)43/h11-12,18,22-24,28H,8-10,13-17,19-21H2,1-7H3,(H,35,43)/t28-/m1/s1. The maximum atomic E-state index is 14.3. The van der Waals surface area contributed by atoms with E-state index in [4.69, 9.17) is 4.74 Å². The summed E-state index contributed by atoms with van der Waals surface area (Å²) in [4.78, 5) is 37.8. The summed E-state index contributed by atoms with van der Waals surface area (Å²) in [7, 11) is 2.11. The summed E-state index contributed by atoms with van der Waals surface area (Å²) < 4.78 is 20.5. The fourth-order valence-electron chi connectivity index (χ4n) is 6.77. The smallest absolute Gasteiger partial charge is 0.282 e. The molecule has 4 rings (SSSR count). The molecule has 2 saturated heterocycles. The van der Waals surface area contributed by atoms with Crippen LogP contribution in [0.5, 0.6) is 11.6 Å². The molecule has 0 radical (unpaired) electrons. The highest BCUT2D eigenvalue weighted by molar-refractivity contribution is 5.97. The lowest BCUT2D eigenvalue weighted by Crippen LogP contribution is -2.62. The van der Waals surface area contributed by atoms with Gasteiger partial charge in [0.05, 0.1) is 5.56 Å². The number of hydrogen-bond acceptors (Lipinski definition) is 9. The van der Waals surface area contributed by atoms with Crippen LogP contribution in [0.15, 0.2) is 24.5 Å². The van der Waals surface area contributed by atoms with E-state index in [0.29, 0.717) is 30.9 Å². The van der Waals surface area contributed by atoms with Gasteiger partial charge in [-0.25, -0.2) is 9.37 Å². The van der Waals surface area contributed by atoms with Gasteiger partial charge in [0, 0.05) is 70.2 Å². The number of amides is 2. The largest absolute Gasteiger partial charge is 0.434 e. The van der Waals surface area contributed by atoms with Crippen LogP contribution in [0.2, 0.25) is 0 Å². The zero-order valence-corrected chi connectivity index (χ0v) is 28.1. The Kier molecular flexibility index (Phi) is 11.7. The normalized spacial score (nSPS) is 16.8. The van der Waals surface area contributed by atoms with E-state index in [0.717, 1.165) is 58.5 Å². The third-order valence-corrected chi connectivity index (χ3v) is 9.14. The van der Waals surface area contributed by atoms with Crippen molar-refractivity contribution in [1.82, 2.24) is 35.2 Å². The first-order valence-corrected chi connectivity index (χ1v) is 16.3. The average Bonchev–Trinajstić information content (AvgIpc) is 3.41. The van der Waals surface area contributed by atoms with Crippen molar-refractivity contribution in [2.45, 2.75) is 72.9 Å². The Bertz CT molecular complexity index is 1300. The van der Waals surface area contributed by atoms with Crippen molar-refractivity contribution in [1.29, 1.82) is 0 Å². The molecule has 1 atom stereocenters. The number of nitrogens with one attached hydrogen (secondary N) is 1. The molecule has 3 heterocycles. The van der Waals surface area contributed by atoms with Crippen LogP contribution in [-0.2, 0) is 4.79 Å². The van der Waals surface area contributed by atoms with Crippen molar-refractivity contribution >= 4 is 17.6 Å². The van der Waals surface area contributed by atoms with Gasteiger partial charge in [-0.1, -0.05) is 13.8 Å². The second kappa shape index (κ2) is 15.3. The first-order valence-electron chi connectivity index (χ1n) is 16.3. The fourth-order valence-corrected chi connectivity index (χ4v) is 6.77. The van der Waals surface area contributed by atoms with Crippen molar-refractivity contribution in [3.63, 3.8) is 0 Å². The van der Waals surface area contributed by atoms with Gasteiger partial charge in [-0.3, -0.25) is 14.5 Å². The number of ether oxygens (including phenoxy) is 1. The van der Waals surface area contributed by atoms with E-state index in [-0.39, 0.29) is 40.5 Å². The molecule has 0 bridgehead atoms. The molecule has 0 unspecified atom stereocenters. The number of aromatic nitrogens is 3. The number of hydrogen-bond donors (Lipinski definition) is 1. The predicted molar refractivity (Wildman–Crippen MR) is 173 cm³/mol. The number of halogens is 1. The minimum absolute atomic E-state index is 0.0132. The predicted octanol–water partition coefficient (Wildman–Crippen LogP) is 4.06. The summed E-state index contributed by atoms with van der Waals surface area (Å²) in [5.41, 5.74) is 0.328. The van der Waals surface area contributed by atoms with Gasteiger partial charge < -0.3 is 24.8 Å². The number of anilines is 1. The summed E-state index contributed by atoms with van der Waals surface area (Å²) in [5, 5.41) is 11.1. The molecule has 11 nitrogen and oxygen atoms in total. The minimum Gasteiger partial charge on any atom is -0.434 e. The first kappa shape index (κ1) is 34.5. The lowest BCUT2D eigenvalue weighted by atomic mass is 9.76. The van der Waals surface area contributed by atoms with Crippen LogP contribution in [0, 0.1) is 17.2 Å². The monoisotopic (exact) mass is 626 g/mol. The summed E-state index contributed by atoms with van der Waals surface area (Å²) >= 11 is 0. The molecular formula is C33H51FN8O3. The van der Waals surface area contributed by atoms with Gasteiger partial charge in [0.2, 0.25) is 5.91 Å². The van der Waals surface area contributed by atoms with Crippen LogP contribution in [-0.4, -0.2) is 113 Å². The Morgan fingerprint density at radius 3 is 2.58 bits per heavy atom. The quantitative estimate of drug-likeness (QED) is 0.313. The van der Waals surface area contributed by atoms with Crippen LogP contribution in [0.1, 0.15) is 71.2 Å². The van der Waals surface area contributed by atoms with E-state index < -0.39 is 5.82 Å². The highest BCUT2D eigenvalue weighted by atomic mass is 19.1. The minimum atomic E-state index is -0.507. The molecule has 2 aromatic rings. The number of likely N-dealkylation sites (tertiary alicyclic amines) is 1. The van der Waals surface area contributed by atoms with Crippen molar-refractivity contribution in [3.05, 3.63) is 35.9 Å². The summed E-state index contributed by atoms with van der Waals surface area (Å²) in [5.74, 6) is 0.790. The molecule has 2 amide bonds. The lowest BCUT2D eigenvalue weighted by molar-refractivity contribution is -0.119. The van der Waals surface area contributed by atoms with E-state index in [1.165, 1.54) is 24.5 Å². The second-order valence-corrected chi connectivity index (χ2v) is 13.3. The molecule has 45 heavy (non-hydrogen) atoms. The van der Waals surface area contributed by atoms with E-state index in [2.05, 4.69) is 56.1 Å². The first-order chi connectivity index (χ1) is 21.4. The topological polar surface area (TPSA) is 107 Å². The highest BCUT2D eigenvalue weighted by Gasteiger charge is 2.50. The molecule has 2 fully saturated rings. The molecule has 1 spiro atoms. The second-order valence-electron chi connectivity index (χ2n) is 13.3. The molecule has 1 N–H and O–H groups in total. The van der Waals surface area contributed by atoms with E-state index in [1.807, 2.05) is 20.8 Å². The Morgan fingerprint density at radius 1 is 1.16 bits per heavy atom. The number of benzene rings is 1. The molecule has 2 aliphatic heterocycles. The Labute approximate surface area is 267 Å². The third-order valence-electron chi connectivity index (χ3n) is 9.14. The van der Waals surface area contributed by atoms with E-state index in [1.54, 1.807) is 11.8 Å². The van der Waals surface area contributed by atoms with E-state index >= 15 is 0 Å². The van der Waals surface area contributed by atoms with Gasteiger partial charge in [0.1, 0.15) is 17.9 Å². The van der Waals surface area contributed by atoms with Crippen molar-refractivity contribution in [2.75, 3.05) is 64.3 Å². The Morgan fingerprint density at radius 2 is 1.91 bits per heavy atom. The number of rotatable bonds is 15. The maximum Gasteiger partial charge on any atom is 0.282 e. The SMILES string of the molecule is CCN(C(=O)c1cc(F)ccc1Oc1nncnc1N1CCC2(C1)CN([C@H](CCCN(C)CCNC(C)=O)C(C)C)C2)C(C)C. The number of carbonyl (C=O) groups is 2. The summed E-state index contributed by atoms with van der Waals surface area (Å²) in [6.07, 6.45) is 4.71. The lowest BCUT2D eigenvalue weighted by Gasteiger charge is -2.53. The zero-order valence-electron chi connectivity index (χ0n) is 28.1. The summed E-state index contributed by atoms with van der Waals surface area (Å²) in [6, 6.07) is 4.44. The molecule has 2 aliphatic rings. The zero-order chi connectivity index (χ0) is 32.7. The molecule has 1 aromatic carbocycles. The number of nitrogens with zero attached hydrogens (tertiary/aromatic N) is 7. The average molecular weight is 627 g/mol. The van der Waals surface area contributed by atoms with Crippen LogP contribution >= 0.6 is 0 Å². The van der Waals surface area contributed by atoms with Crippen LogP contribution in [0.25, 0.3) is 0 Å². The van der Waals surface area contributed by atoms with Gasteiger partial charge in [-0.05, 0) is 77.7 Å². The number of likely N-dealkylation sites (N-methyl/N-ethyl adjacent to an activating group) is 1. The third kappa shape index (κ3) is 8.66. The van der Waals surface area contributed by atoms with E-state index in [9.17, 15) is 14.0 Å². The molecule has 12 heteroatoms. The van der Waals surface area contributed by atoms with Gasteiger partial charge in [0.15, 0.2) is 5.82 Å². The highest BCUT2D eigenvalue weighted by Crippen LogP contribution is 2.44. The molecular weight excluding hydrogens is 575 g/mol. The molecule has 0 saturated carbocycles. The van der Waals surface area contributed by atoms with Gasteiger partial charge >= 0.3 is 0 Å². The van der Waals surface area contributed by atoms with Crippen molar-refractivity contribution < 1.29 is 18.7 Å². The van der Waals surface area contributed by atoms with Crippen molar-refractivity contribution in [3.8, 4) is 11.6 Å². The Balaban J connectivity index is 1.38. The van der Waals surface area contributed by atoms with Crippen molar-refractivity contribution in [2.24, 2.45) is 11.3 Å². The van der Waals surface area contributed by atoms with Crippen LogP contribution in [0.3, 0.4) is 0 Å². The van der Waals surface area contributed by atoms with Crippen LogP contribution < -0.4 is 15.0 Å². The van der Waals surface area contributed by atoms with Gasteiger partial charge in [-0.15, -0.1) is 10.2 Å².